The van der Waals surface area contributed by atoms with E-state index < -0.39 is 0 Å². The lowest BCUT2D eigenvalue weighted by molar-refractivity contribution is 0.445. The smallest absolute Gasteiger partial charge is 0.0540 e. The molecule has 284 valence electrons. The highest BCUT2D eigenvalue weighted by atomic mass is 15.1. The molecule has 1 heteroatoms. The molecular weight excluding hydrogens is 711 g/mol. The van der Waals surface area contributed by atoms with Crippen LogP contribution in [0.3, 0.4) is 0 Å². The molecule has 0 saturated heterocycles. The Bertz CT molecular complexity index is 2980. The Morgan fingerprint density at radius 1 is 0.441 bits per heavy atom. The van der Waals surface area contributed by atoms with Gasteiger partial charge in [0.2, 0.25) is 0 Å². The third kappa shape index (κ3) is 5.91. The summed E-state index contributed by atoms with van der Waals surface area (Å²) in [4.78, 5) is 2.48. The number of nitrogens with zero attached hydrogens (tertiary/aromatic N) is 1. The van der Waals surface area contributed by atoms with E-state index in [2.05, 4.69) is 212 Å². The van der Waals surface area contributed by atoms with Crippen LogP contribution in [0, 0.1) is 0 Å². The van der Waals surface area contributed by atoms with E-state index in [0.717, 1.165) is 11.4 Å². The summed E-state index contributed by atoms with van der Waals surface area (Å²) >= 11 is 0. The molecule has 9 aromatic carbocycles. The Morgan fingerprint density at radius 3 is 1.88 bits per heavy atom. The monoisotopic (exact) mass is 757 g/mol. The van der Waals surface area contributed by atoms with E-state index in [1.165, 1.54) is 115 Å². The van der Waals surface area contributed by atoms with Crippen molar-refractivity contribution in [2.24, 2.45) is 0 Å². The van der Waals surface area contributed by atoms with Gasteiger partial charge in [-0.05, 0) is 128 Å². The van der Waals surface area contributed by atoms with Crippen molar-refractivity contribution in [2.45, 2.75) is 50.4 Å². The summed E-state index contributed by atoms with van der Waals surface area (Å²) in [6, 6.07) is 74.8. The fourth-order valence-electron chi connectivity index (χ4n) is 10.6. The zero-order valence-corrected chi connectivity index (χ0v) is 33.6. The minimum Gasteiger partial charge on any atom is -0.310 e. The van der Waals surface area contributed by atoms with E-state index in [1.54, 1.807) is 0 Å². The summed E-state index contributed by atoms with van der Waals surface area (Å²) in [6.45, 7) is 2.40. The van der Waals surface area contributed by atoms with Gasteiger partial charge in [-0.2, -0.15) is 0 Å². The molecule has 0 aromatic heterocycles. The van der Waals surface area contributed by atoms with E-state index in [-0.39, 0.29) is 5.41 Å². The van der Waals surface area contributed by atoms with E-state index in [1.807, 2.05) is 0 Å². The first kappa shape index (κ1) is 35.5. The molecule has 0 aliphatic heterocycles. The number of fused-ring (bicyclic) bond motifs is 5. The first-order chi connectivity index (χ1) is 29.2. The molecular formula is C58H47N. The highest BCUT2D eigenvalue weighted by Gasteiger charge is 2.41. The molecule has 0 amide bonds. The van der Waals surface area contributed by atoms with Gasteiger partial charge >= 0.3 is 0 Å². The Balaban J connectivity index is 1.08. The van der Waals surface area contributed by atoms with Gasteiger partial charge < -0.3 is 4.90 Å². The summed E-state index contributed by atoms with van der Waals surface area (Å²) in [5, 5.41) is 5.20. The molecule has 0 N–H and O–H groups in total. The van der Waals surface area contributed by atoms with Crippen LogP contribution in [-0.2, 0) is 5.41 Å². The lowest BCUT2D eigenvalue weighted by Gasteiger charge is -2.29. The third-order valence-electron chi connectivity index (χ3n) is 13.5. The van der Waals surface area contributed by atoms with Crippen molar-refractivity contribution in [1.29, 1.82) is 0 Å². The van der Waals surface area contributed by atoms with E-state index in [0.29, 0.717) is 5.92 Å². The summed E-state index contributed by atoms with van der Waals surface area (Å²) in [6.07, 6.45) is 6.52. The zero-order chi connectivity index (χ0) is 39.3. The summed E-state index contributed by atoms with van der Waals surface area (Å²) in [5.74, 6) is 0.599. The highest BCUT2D eigenvalue weighted by Crippen LogP contribution is 2.55. The van der Waals surface area contributed by atoms with Crippen molar-refractivity contribution in [1.82, 2.24) is 0 Å². The molecule has 9 aromatic rings. The zero-order valence-electron chi connectivity index (χ0n) is 33.6. The molecule has 0 spiro atoms. The van der Waals surface area contributed by atoms with Crippen LogP contribution in [0.4, 0.5) is 17.1 Å². The Labute approximate surface area is 348 Å². The number of benzene rings is 9. The van der Waals surface area contributed by atoms with Crippen molar-refractivity contribution in [3.8, 4) is 33.4 Å². The molecule has 1 unspecified atom stereocenters. The van der Waals surface area contributed by atoms with E-state index in [9.17, 15) is 0 Å². The van der Waals surface area contributed by atoms with Crippen LogP contribution in [0.25, 0.3) is 54.9 Å². The fourth-order valence-corrected chi connectivity index (χ4v) is 10.6. The first-order valence-corrected chi connectivity index (χ1v) is 21.5. The average molecular weight is 758 g/mol. The summed E-state index contributed by atoms with van der Waals surface area (Å²) in [7, 11) is 0. The van der Waals surface area contributed by atoms with Crippen LogP contribution < -0.4 is 4.90 Å². The lowest BCUT2D eigenvalue weighted by atomic mass is 9.74. The van der Waals surface area contributed by atoms with Gasteiger partial charge in [-0.1, -0.05) is 189 Å². The van der Waals surface area contributed by atoms with Crippen molar-refractivity contribution >= 4 is 38.6 Å². The molecule has 11 rings (SSSR count). The molecule has 0 heterocycles. The van der Waals surface area contributed by atoms with Crippen LogP contribution in [0.1, 0.15) is 67.2 Å². The SMILES string of the molecule is CC1(c2ccccc2)c2ccccc2-c2c(-c3ccc(N(c4ccc5ccccc5c4)c4ccccc4-c4cccc5cccc(C6CCCCC6)c45)cc3)cccc21. The van der Waals surface area contributed by atoms with Crippen molar-refractivity contribution < 1.29 is 0 Å². The van der Waals surface area contributed by atoms with Gasteiger partial charge in [-0.25, -0.2) is 0 Å². The Morgan fingerprint density at radius 2 is 1.05 bits per heavy atom. The number of anilines is 3. The van der Waals surface area contributed by atoms with Crippen molar-refractivity contribution in [3.63, 3.8) is 0 Å². The molecule has 0 bridgehead atoms. The van der Waals surface area contributed by atoms with Crippen LogP contribution in [0.15, 0.2) is 200 Å². The van der Waals surface area contributed by atoms with Crippen LogP contribution in [0.2, 0.25) is 0 Å². The minimum atomic E-state index is -0.238. The van der Waals surface area contributed by atoms with Gasteiger partial charge in [0.05, 0.1) is 5.69 Å². The third-order valence-corrected chi connectivity index (χ3v) is 13.5. The number of rotatable bonds is 7. The van der Waals surface area contributed by atoms with Gasteiger partial charge in [0.1, 0.15) is 0 Å². The average Bonchev–Trinajstić information content (AvgIpc) is 3.58. The fraction of sp³-hybridized carbons (Fsp3) is 0.138. The number of hydrogen-bond acceptors (Lipinski definition) is 1. The van der Waals surface area contributed by atoms with Crippen LogP contribution in [0.5, 0.6) is 0 Å². The topological polar surface area (TPSA) is 3.24 Å². The molecule has 2 aliphatic rings. The molecule has 1 atom stereocenters. The maximum absolute atomic E-state index is 2.48. The quantitative estimate of drug-likeness (QED) is 0.156. The van der Waals surface area contributed by atoms with Gasteiger partial charge in [0.25, 0.3) is 0 Å². The van der Waals surface area contributed by atoms with Gasteiger partial charge in [-0.15, -0.1) is 0 Å². The highest BCUT2D eigenvalue weighted by molar-refractivity contribution is 6.04. The maximum Gasteiger partial charge on any atom is 0.0540 e. The van der Waals surface area contributed by atoms with E-state index >= 15 is 0 Å². The standard InChI is InChI=1S/C58H47N/c1-58(45-23-6-3-7-24-45)53-30-12-10-26-52(53)57-49(28-16-31-54(57)58)42-34-36-46(37-35-42)59(47-38-33-40-17-8-9-20-44(40)39-47)55-32-13-11-25-50(55)51-29-15-22-43-21-14-27-48(56(43)51)41-18-4-2-5-19-41/h3,6-17,20-39,41H,2,4-5,18-19H2,1H3. The Hall–Kier alpha value is -6.70. The van der Waals surface area contributed by atoms with Crippen LogP contribution >= 0.6 is 0 Å². The van der Waals surface area contributed by atoms with Gasteiger partial charge in [0, 0.05) is 22.4 Å². The normalized spacial score (nSPS) is 16.2. The second-order valence-corrected chi connectivity index (χ2v) is 16.8. The molecule has 1 saturated carbocycles. The summed E-state index contributed by atoms with van der Waals surface area (Å²) in [5.41, 5.74) is 16.5. The number of para-hydroxylation sites is 1. The van der Waals surface area contributed by atoms with Gasteiger partial charge in [-0.3, -0.25) is 0 Å². The van der Waals surface area contributed by atoms with Crippen molar-refractivity contribution in [2.75, 3.05) is 4.90 Å². The molecule has 1 nitrogen and oxygen atoms in total. The second kappa shape index (κ2) is 14.6. The van der Waals surface area contributed by atoms with Gasteiger partial charge in [0.15, 0.2) is 0 Å². The Kier molecular flexibility index (Phi) is 8.77. The molecule has 2 aliphatic carbocycles. The van der Waals surface area contributed by atoms with E-state index in [4.69, 9.17) is 0 Å². The molecule has 1 fully saturated rings. The first-order valence-electron chi connectivity index (χ1n) is 21.5. The largest absolute Gasteiger partial charge is 0.310 e. The second-order valence-electron chi connectivity index (χ2n) is 16.8. The number of hydrogen-bond donors (Lipinski definition) is 0. The van der Waals surface area contributed by atoms with Crippen molar-refractivity contribution in [3.05, 3.63) is 222 Å². The van der Waals surface area contributed by atoms with Crippen LogP contribution in [-0.4, -0.2) is 0 Å². The lowest BCUT2D eigenvalue weighted by Crippen LogP contribution is -2.22. The predicted molar refractivity (Wildman–Crippen MR) is 250 cm³/mol. The molecule has 59 heavy (non-hydrogen) atoms. The molecule has 0 radical (unpaired) electrons. The predicted octanol–water partition coefficient (Wildman–Crippen LogP) is 16.2. The maximum atomic E-state index is 2.48. The minimum absolute atomic E-state index is 0.238. The summed E-state index contributed by atoms with van der Waals surface area (Å²) < 4.78 is 0.